The van der Waals surface area contributed by atoms with E-state index in [9.17, 15) is 4.79 Å². The molecule has 0 radical (unpaired) electrons. The number of H-pyrrole nitrogens is 1. The normalized spacial score (nSPS) is 16.2. The van der Waals surface area contributed by atoms with Gasteiger partial charge in [0.25, 0.3) is 0 Å². The highest BCUT2D eigenvalue weighted by Gasteiger charge is 2.23. The summed E-state index contributed by atoms with van der Waals surface area (Å²) in [6.45, 7) is 1.18. The zero-order valence-corrected chi connectivity index (χ0v) is 11.0. The smallest absolute Gasteiger partial charge is 0.407 e. The number of carbonyl (C=O) groups is 1. The quantitative estimate of drug-likeness (QED) is 0.781. The fourth-order valence-corrected chi connectivity index (χ4v) is 2.80. The monoisotopic (exact) mass is 269 g/mol. The van der Waals surface area contributed by atoms with E-state index < -0.39 is 6.09 Å². The minimum Gasteiger partial charge on any atom is -0.465 e. The van der Waals surface area contributed by atoms with Crippen molar-refractivity contribution in [2.45, 2.75) is 18.8 Å². The van der Waals surface area contributed by atoms with Crippen LogP contribution in [0.1, 0.15) is 30.0 Å². The lowest BCUT2D eigenvalue weighted by Gasteiger charge is -2.30. The zero-order valence-electron chi connectivity index (χ0n) is 11.0. The van der Waals surface area contributed by atoms with Crippen LogP contribution in [0.5, 0.6) is 0 Å². The van der Waals surface area contributed by atoms with Gasteiger partial charge in [-0.1, -0.05) is 12.0 Å². The van der Waals surface area contributed by atoms with E-state index >= 15 is 0 Å². The van der Waals surface area contributed by atoms with Crippen molar-refractivity contribution in [1.29, 1.82) is 0 Å². The molecule has 1 aliphatic heterocycles. The number of nitrogens with zero attached hydrogens (tertiary/aromatic N) is 2. The van der Waals surface area contributed by atoms with Crippen LogP contribution in [0.4, 0.5) is 4.79 Å². The second-order valence-electron chi connectivity index (χ2n) is 5.06. The van der Waals surface area contributed by atoms with Crippen molar-refractivity contribution < 1.29 is 9.90 Å². The van der Waals surface area contributed by atoms with Gasteiger partial charge in [-0.3, -0.25) is 5.10 Å². The van der Waals surface area contributed by atoms with E-state index in [1.165, 1.54) is 10.5 Å². The van der Waals surface area contributed by atoms with E-state index in [1.54, 1.807) is 0 Å². The predicted molar refractivity (Wildman–Crippen MR) is 75.6 cm³/mol. The summed E-state index contributed by atoms with van der Waals surface area (Å²) in [5.41, 5.74) is 2.77. The van der Waals surface area contributed by atoms with E-state index in [-0.39, 0.29) is 0 Å². The fraction of sp³-hybridized carbons (Fsp3) is 0.333. The van der Waals surface area contributed by atoms with Crippen molar-refractivity contribution >= 4 is 17.0 Å². The molecule has 102 valence electrons. The lowest BCUT2D eigenvalue weighted by atomic mass is 9.89. The van der Waals surface area contributed by atoms with Gasteiger partial charge in [0.15, 0.2) is 0 Å². The Kier molecular flexibility index (Phi) is 3.07. The number of carboxylic acid groups (broad SMARTS) is 1. The Morgan fingerprint density at radius 1 is 1.45 bits per heavy atom. The molecule has 0 bridgehead atoms. The third-order valence-corrected chi connectivity index (χ3v) is 3.96. The topological polar surface area (TPSA) is 69.2 Å². The molecular formula is C15H15N3O2. The Bertz CT molecular complexity index is 691. The molecule has 2 N–H and O–H groups in total. The molecule has 1 aromatic carbocycles. The summed E-state index contributed by atoms with van der Waals surface area (Å²) in [7, 11) is 0. The highest BCUT2D eigenvalue weighted by atomic mass is 16.4. The maximum Gasteiger partial charge on any atom is 0.407 e. The fourth-order valence-electron chi connectivity index (χ4n) is 2.80. The summed E-state index contributed by atoms with van der Waals surface area (Å²) in [6.07, 6.45) is 6.31. The summed E-state index contributed by atoms with van der Waals surface area (Å²) in [4.78, 5) is 12.4. The van der Waals surface area contributed by atoms with Gasteiger partial charge in [0, 0.05) is 18.5 Å². The Balaban J connectivity index is 1.85. The first kappa shape index (κ1) is 12.5. The average Bonchev–Trinajstić information content (AvgIpc) is 2.89. The number of terminal acetylenes is 1. The molecule has 1 fully saturated rings. The van der Waals surface area contributed by atoms with Gasteiger partial charge in [0.1, 0.15) is 5.69 Å². The molecule has 20 heavy (non-hydrogen) atoms. The summed E-state index contributed by atoms with van der Waals surface area (Å²) < 4.78 is 0. The van der Waals surface area contributed by atoms with Crippen LogP contribution in [0.3, 0.4) is 0 Å². The van der Waals surface area contributed by atoms with Crippen molar-refractivity contribution in [2.75, 3.05) is 13.1 Å². The minimum absolute atomic E-state index is 0.385. The van der Waals surface area contributed by atoms with Crippen LogP contribution in [0, 0.1) is 12.3 Å². The SMILES string of the molecule is C#Cc1[nH]nc2ccc(C3CCN(C(=O)O)CC3)cc12. The van der Waals surface area contributed by atoms with E-state index in [4.69, 9.17) is 11.5 Å². The van der Waals surface area contributed by atoms with E-state index in [0.29, 0.717) is 24.7 Å². The molecule has 1 amide bonds. The van der Waals surface area contributed by atoms with Gasteiger partial charge < -0.3 is 10.0 Å². The largest absolute Gasteiger partial charge is 0.465 e. The van der Waals surface area contributed by atoms with Crippen LogP contribution in [0.2, 0.25) is 0 Å². The molecule has 0 aliphatic carbocycles. The molecule has 5 heteroatoms. The summed E-state index contributed by atoms with van der Waals surface area (Å²) in [6, 6.07) is 6.10. The van der Waals surface area contributed by atoms with Gasteiger partial charge in [0.05, 0.1) is 5.52 Å². The van der Waals surface area contributed by atoms with Gasteiger partial charge in [-0.15, -0.1) is 6.42 Å². The van der Waals surface area contributed by atoms with Crippen LogP contribution in [-0.4, -0.2) is 39.4 Å². The number of fused-ring (bicyclic) bond motifs is 1. The number of benzene rings is 1. The second-order valence-corrected chi connectivity index (χ2v) is 5.06. The van der Waals surface area contributed by atoms with Crippen LogP contribution in [0.15, 0.2) is 18.2 Å². The second kappa shape index (κ2) is 4.89. The maximum absolute atomic E-state index is 10.9. The van der Waals surface area contributed by atoms with Gasteiger partial charge >= 0.3 is 6.09 Å². The lowest BCUT2D eigenvalue weighted by Crippen LogP contribution is -2.36. The summed E-state index contributed by atoms with van der Waals surface area (Å²) in [5, 5.41) is 16.9. The molecule has 0 saturated carbocycles. The molecule has 0 unspecified atom stereocenters. The third-order valence-electron chi connectivity index (χ3n) is 3.96. The molecule has 1 aromatic heterocycles. The van der Waals surface area contributed by atoms with Crippen molar-refractivity contribution in [2.24, 2.45) is 0 Å². The molecule has 1 saturated heterocycles. The number of likely N-dealkylation sites (tertiary alicyclic amines) is 1. The number of nitrogens with one attached hydrogen (secondary N) is 1. The molecule has 0 spiro atoms. The minimum atomic E-state index is -0.830. The number of hydrogen-bond donors (Lipinski definition) is 2. The zero-order chi connectivity index (χ0) is 14.1. The Morgan fingerprint density at radius 3 is 2.85 bits per heavy atom. The van der Waals surface area contributed by atoms with Crippen LogP contribution < -0.4 is 0 Å². The summed E-state index contributed by atoms with van der Waals surface area (Å²) >= 11 is 0. The van der Waals surface area contributed by atoms with Crippen LogP contribution in [-0.2, 0) is 0 Å². The third kappa shape index (κ3) is 2.10. The van der Waals surface area contributed by atoms with E-state index in [1.807, 2.05) is 6.07 Å². The number of aromatic amines is 1. The number of aromatic nitrogens is 2. The van der Waals surface area contributed by atoms with Crippen molar-refractivity contribution in [1.82, 2.24) is 15.1 Å². The van der Waals surface area contributed by atoms with Gasteiger partial charge in [0.2, 0.25) is 0 Å². The van der Waals surface area contributed by atoms with Crippen LogP contribution >= 0.6 is 0 Å². The number of amides is 1. The maximum atomic E-state index is 10.9. The first-order valence-corrected chi connectivity index (χ1v) is 6.61. The van der Waals surface area contributed by atoms with Crippen LogP contribution in [0.25, 0.3) is 10.9 Å². The van der Waals surface area contributed by atoms with Crippen molar-refractivity contribution in [3.63, 3.8) is 0 Å². The molecule has 2 heterocycles. The predicted octanol–water partition coefficient (Wildman–Crippen LogP) is 2.40. The Morgan fingerprint density at radius 2 is 2.20 bits per heavy atom. The van der Waals surface area contributed by atoms with Gasteiger partial charge in [-0.25, -0.2) is 4.79 Å². The molecule has 2 aromatic rings. The number of hydrogen-bond acceptors (Lipinski definition) is 2. The van der Waals surface area contributed by atoms with Gasteiger partial charge in [-0.05, 0) is 36.5 Å². The average molecular weight is 269 g/mol. The molecule has 5 nitrogen and oxygen atoms in total. The first-order valence-electron chi connectivity index (χ1n) is 6.61. The lowest BCUT2D eigenvalue weighted by molar-refractivity contribution is 0.132. The molecule has 1 aliphatic rings. The molecular weight excluding hydrogens is 254 g/mol. The van der Waals surface area contributed by atoms with Crippen molar-refractivity contribution in [3.05, 3.63) is 29.5 Å². The first-order chi connectivity index (χ1) is 9.69. The molecule has 0 atom stereocenters. The van der Waals surface area contributed by atoms with E-state index in [2.05, 4.69) is 28.3 Å². The Hall–Kier alpha value is -2.48. The standard InChI is InChI=1S/C15H15N3O2/c1-2-13-12-9-11(3-4-14(12)17-16-13)10-5-7-18(8-6-10)15(19)20/h1,3-4,9-10H,5-8H2,(H,16,17)(H,19,20). The Labute approximate surface area is 116 Å². The summed E-state index contributed by atoms with van der Waals surface area (Å²) in [5.74, 6) is 2.98. The van der Waals surface area contributed by atoms with E-state index in [0.717, 1.165) is 23.7 Å². The molecule has 3 rings (SSSR count). The number of piperidine rings is 1. The van der Waals surface area contributed by atoms with Gasteiger partial charge in [-0.2, -0.15) is 5.10 Å². The number of rotatable bonds is 1. The highest BCUT2D eigenvalue weighted by molar-refractivity contribution is 5.84. The van der Waals surface area contributed by atoms with Crippen molar-refractivity contribution in [3.8, 4) is 12.3 Å². The highest BCUT2D eigenvalue weighted by Crippen LogP contribution is 2.30.